The number of carbonyl (C=O) groups excluding carboxylic acids is 2. The summed E-state index contributed by atoms with van der Waals surface area (Å²) in [5.41, 5.74) is -1.29. The molecule has 118 valence electrons. The van der Waals surface area contributed by atoms with Gasteiger partial charge in [-0.3, -0.25) is 4.79 Å². The van der Waals surface area contributed by atoms with Crippen molar-refractivity contribution in [3.63, 3.8) is 0 Å². The van der Waals surface area contributed by atoms with Gasteiger partial charge in [-0.1, -0.05) is 0 Å². The molecule has 2 saturated heterocycles. The number of methoxy groups -OCH3 is 1. The third-order valence-corrected chi connectivity index (χ3v) is 5.61. The van der Waals surface area contributed by atoms with E-state index in [4.69, 9.17) is 9.47 Å². The number of hydrogen-bond donors (Lipinski definition) is 0. The molecule has 0 N–H and O–H groups in total. The van der Waals surface area contributed by atoms with E-state index in [0.717, 1.165) is 0 Å². The lowest BCUT2D eigenvalue weighted by Gasteiger charge is -2.52. The number of rotatable bonds is 3. The maximum Gasteiger partial charge on any atom is 0.353 e. The minimum Gasteiger partial charge on any atom is -0.472 e. The van der Waals surface area contributed by atoms with Crippen LogP contribution in [0.3, 0.4) is 0 Å². The van der Waals surface area contributed by atoms with Gasteiger partial charge >= 0.3 is 5.97 Å². The Hall–Kier alpha value is -1.76. The fourth-order valence-electron chi connectivity index (χ4n) is 2.74. The van der Waals surface area contributed by atoms with Crippen LogP contribution < -0.4 is 4.74 Å². The molecule has 1 aromatic rings. The molecular weight excluding hydrogens is 309 g/mol. The summed E-state index contributed by atoms with van der Waals surface area (Å²) in [6.45, 7) is 2.03. The number of nitrogens with zero attached hydrogens (tertiary/aromatic N) is 1. The molecule has 2 unspecified atom stereocenters. The molecule has 3 atom stereocenters. The molecule has 22 heavy (non-hydrogen) atoms. The van der Waals surface area contributed by atoms with E-state index in [-0.39, 0.29) is 28.9 Å². The van der Waals surface area contributed by atoms with E-state index in [1.54, 1.807) is 4.90 Å². The Kier molecular flexibility index (Phi) is 3.76. The summed E-state index contributed by atoms with van der Waals surface area (Å²) in [5.74, 6) is -0.551. The van der Waals surface area contributed by atoms with Crippen LogP contribution in [0, 0.1) is 5.82 Å². The first-order valence-electron chi connectivity index (χ1n) is 6.94. The fourth-order valence-corrected chi connectivity index (χ4v) is 4.22. The van der Waals surface area contributed by atoms with Crippen molar-refractivity contribution in [1.29, 1.82) is 0 Å². The van der Waals surface area contributed by atoms with Crippen molar-refractivity contribution in [3.05, 3.63) is 30.1 Å². The maximum atomic E-state index is 13.0. The van der Waals surface area contributed by atoms with E-state index in [9.17, 15) is 14.0 Å². The second-order valence-corrected chi connectivity index (χ2v) is 6.92. The smallest absolute Gasteiger partial charge is 0.353 e. The molecule has 2 aliphatic rings. The molecule has 1 amide bonds. The Morgan fingerprint density at radius 1 is 1.41 bits per heavy atom. The van der Waals surface area contributed by atoms with Crippen LogP contribution in [0.2, 0.25) is 0 Å². The van der Waals surface area contributed by atoms with Gasteiger partial charge in [-0.15, -0.1) is 11.8 Å². The van der Waals surface area contributed by atoms with E-state index < -0.39 is 11.6 Å². The second-order valence-electron chi connectivity index (χ2n) is 5.40. The van der Waals surface area contributed by atoms with Crippen LogP contribution in [0.15, 0.2) is 24.3 Å². The standard InChI is InChI=1S/C15H16FNO4S/c1-9-15(14(19)20-2,8-17-12(18)7-13(17)22-9)21-11-5-3-10(16)4-6-11/h3-6,9,13H,7-8H2,1-2H3/t9?,13-,15?/m1/s1. The Balaban J connectivity index is 1.92. The van der Waals surface area contributed by atoms with Gasteiger partial charge in [0, 0.05) is 0 Å². The van der Waals surface area contributed by atoms with Gasteiger partial charge in [0.15, 0.2) is 0 Å². The van der Waals surface area contributed by atoms with E-state index in [2.05, 4.69) is 0 Å². The first kappa shape index (κ1) is 15.1. The number of thioether (sulfide) groups is 1. The minimum absolute atomic E-state index is 0.000356. The van der Waals surface area contributed by atoms with Crippen LogP contribution >= 0.6 is 11.8 Å². The maximum absolute atomic E-state index is 13.0. The molecule has 3 rings (SSSR count). The average molecular weight is 325 g/mol. The van der Waals surface area contributed by atoms with Crippen molar-refractivity contribution in [1.82, 2.24) is 4.90 Å². The Morgan fingerprint density at radius 2 is 2.09 bits per heavy atom. The Morgan fingerprint density at radius 3 is 2.68 bits per heavy atom. The zero-order valence-corrected chi connectivity index (χ0v) is 13.1. The summed E-state index contributed by atoms with van der Waals surface area (Å²) >= 11 is 1.52. The largest absolute Gasteiger partial charge is 0.472 e. The van der Waals surface area contributed by atoms with Gasteiger partial charge in [0.25, 0.3) is 0 Å². The molecule has 0 aliphatic carbocycles. The first-order chi connectivity index (χ1) is 10.5. The van der Waals surface area contributed by atoms with E-state index >= 15 is 0 Å². The molecule has 0 bridgehead atoms. The van der Waals surface area contributed by atoms with Gasteiger partial charge in [0.2, 0.25) is 11.5 Å². The summed E-state index contributed by atoms with van der Waals surface area (Å²) in [4.78, 5) is 25.7. The molecule has 0 radical (unpaired) electrons. The molecule has 2 heterocycles. The molecule has 7 heteroatoms. The Bertz CT molecular complexity index is 608. The summed E-state index contributed by atoms with van der Waals surface area (Å²) in [6.07, 6.45) is 0.489. The zero-order valence-electron chi connectivity index (χ0n) is 12.2. The van der Waals surface area contributed by atoms with Crippen molar-refractivity contribution in [3.8, 4) is 5.75 Å². The van der Waals surface area contributed by atoms with E-state index in [1.807, 2.05) is 6.92 Å². The summed E-state index contributed by atoms with van der Waals surface area (Å²) in [7, 11) is 1.29. The number of esters is 1. The van der Waals surface area contributed by atoms with Gasteiger partial charge in [0.1, 0.15) is 11.6 Å². The highest BCUT2D eigenvalue weighted by Gasteiger charge is 2.58. The molecule has 5 nitrogen and oxygen atoms in total. The normalized spacial score (nSPS) is 30.3. The summed E-state index contributed by atoms with van der Waals surface area (Å²) in [5, 5.41) is -0.101. The van der Waals surface area contributed by atoms with Crippen LogP contribution in [0.1, 0.15) is 13.3 Å². The predicted molar refractivity (Wildman–Crippen MR) is 78.9 cm³/mol. The van der Waals surface area contributed by atoms with Gasteiger partial charge in [-0.2, -0.15) is 0 Å². The van der Waals surface area contributed by atoms with Gasteiger partial charge in [-0.25, -0.2) is 9.18 Å². The van der Waals surface area contributed by atoms with Crippen molar-refractivity contribution in [2.24, 2.45) is 0 Å². The number of fused-ring (bicyclic) bond motifs is 1. The van der Waals surface area contributed by atoms with E-state index in [1.165, 1.54) is 43.1 Å². The van der Waals surface area contributed by atoms with Crippen LogP contribution in [0.4, 0.5) is 4.39 Å². The van der Waals surface area contributed by atoms with Crippen molar-refractivity contribution in [2.75, 3.05) is 13.7 Å². The van der Waals surface area contributed by atoms with Crippen molar-refractivity contribution >= 4 is 23.6 Å². The van der Waals surface area contributed by atoms with Gasteiger partial charge in [-0.05, 0) is 31.2 Å². The molecule has 0 saturated carbocycles. The van der Waals surface area contributed by atoms with Crippen LogP contribution in [-0.4, -0.2) is 46.7 Å². The lowest BCUT2D eigenvalue weighted by atomic mass is 9.96. The van der Waals surface area contributed by atoms with Crippen LogP contribution in [-0.2, 0) is 14.3 Å². The number of amides is 1. The van der Waals surface area contributed by atoms with Crippen LogP contribution in [0.5, 0.6) is 5.75 Å². The number of carbonyl (C=O) groups is 2. The van der Waals surface area contributed by atoms with Crippen LogP contribution in [0.25, 0.3) is 0 Å². The van der Waals surface area contributed by atoms with Gasteiger partial charge in [0.05, 0.1) is 30.7 Å². The molecule has 0 aromatic heterocycles. The summed E-state index contributed by atoms with van der Waals surface area (Å²) in [6, 6.07) is 5.44. The van der Waals surface area contributed by atoms with Crippen molar-refractivity contribution in [2.45, 2.75) is 29.6 Å². The Labute approximate surface area is 131 Å². The monoisotopic (exact) mass is 325 g/mol. The lowest BCUT2D eigenvalue weighted by Crippen LogP contribution is -2.69. The molecule has 2 fully saturated rings. The third kappa shape index (κ3) is 2.33. The highest BCUT2D eigenvalue weighted by Crippen LogP contribution is 2.44. The van der Waals surface area contributed by atoms with Gasteiger partial charge < -0.3 is 14.4 Å². The quantitative estimate of drug-likeness (QED) is 0.627. The predicted octanol–water partition coefficient (Wildman–Crippen LogP) is 1.81. The highest BCUT2D eigenvalue weighted by atomic mass is 32.2. The molecule has 0 spiro atoms. The van der Waals surface area contributed by atoms with E-state index in [0.29, 0.717) is 12.2 Å². The number of ether oxygens (including phenoxy) is 2. The molecule has 2 aliphatic heterocycles. The fraction of sp³-hybridized carbons (Fsp3) is 0.467. The minimum atomic E-state index is -1.29. The highest BCUT2D eigenvalue weighted by molar-refractivity contribution is 8.00. The third-order valence-electron chi connectivity index (χ3n) is 4.08. The lowest BCUT2D eigenvalue weighted by molar-refractivity contribution is -0.166. The number of hydrogen-bond acceptors (Lipinski definition) is 5. The SMILES string of the molecule is COC(=O)C1(Oc2ccc(F)cc2)CN2C(=O)C[C@H]2SC1C. The number of benzene rings is 1. The average Bonchev–Trinajstić information content (AvgIpc) is 2.51. The number of β-lactam (4-membered cyclic amide) rings is 1. The zero-order chi connectivity index (χ0) is 15.9. The topological polar surface area (TPSA) is 55.8 Å². The summed E-state index contributed by atoms with van der Waals surface area (Å²) < 4.78 is 23.9. The second kappa shape index (κ2) is 5.46. The molecule has 1 aromatic carbocycles. The number of halogens is 1. The molecular formula is C15H16FNO4S. The first-order valence-corrected chi connectivity index (χ1v) is 7.88. The van der Waals surface area contributed by atoms with Crippen molar-refractivity contribution < 1.29 is 23.5 Å².